The van der Waals surface area contributed by atoms with Crippen molar-refractivity contribution in [2.45, 2.75) is 19.3 Å². The minimum absolute atomic E-state index is 0.161. The third kappa shape index (κ3) is 6.04. The van der Waals surface area contributed by atoms with Crippen LogP contribution in [-0.4, -0.2) is 36.4 Å². The summed E-state index contributed by atoms with van der Waals surface area (Å²) in [4.78, 5) is 24.1. The molecule has 0 spiro atoms. The van der Waals surface area contributed by atoms with Gasteiger partial charge < -0.3 is 10.6 Å². The Morgan fingerprint density at radius 3 is 2.32 bits per heavy atom. The summed E-state index contributed by atoms with van der Waals surface area (Å²) in [5, 5.41) is 14.6. The molecule has 2 N–H and O–H groups in total. The van der Waals surface area contributed by atoms with Gasteiger partial charge in [-0.15, -0.1) is 0 Å². The Morgan fingerprint density at radius 1 is 1.18 bits per heavy atom. The standard InChI is InChI=1S/C19H20BrF2N3O2S/c20-13-9-15(21)14(16(22)10-13)11-17(26)24-5-1-2-6-25-18(27)19(12-23)3-7-28-8-4-19/h1-2,9-10H,3-8,11H2,(H,24,26)(H,25,27)/b2-1-. The van der Waals surface area contributed by atoms with Crippen LogP contribution in [0.2, 0.25) is 0 Å². The summed E-state index contributed by atoms with van der Waals surface area (Å²) in [6.45, 7) is 0.399. The molecule has 1 fully saturated rings. The molecular weight excluding hydrogens is 452 g/mol. The van der Waals surface area contributed by atoms with Gasteiger partial charge in [-0.2, -0.15) is 17.0 Å². The number of hydrogen-bond donors (Lipinski definition) is 2. The van der Waals surface area contributed by atoms with Crippen LogP contribution in [0.5, 0.6) is 0 Å². The number of nitriles is 1. The summed E-state index contributed by atoms with van der Waals surface area (Å²) in [5.74, 6) is -0.770. The molecule has 28 heavy (non-hydrogen) atoms. The van der Waals surface area contributed by atoms with E-state index in [0.717, 1.165) is 23.6 Å². The molecule has 5 nitrogen and oxygen atoms in total. The second-order valence-electron chi connectivity index (χ2n) is 6.32. The quantitative estimate of drug-likeness (QED) is 0.598. The molecule has 0 bridgehead atoms. The van der Waals surface area contributed by atoms with Crippen LogP contribution in [0, 0.1) is 28.4 Å². The average Bonchev–Trinajstić information content (AvgIpc) is 2.67. The maximum absolute atomic E-state index is 13.7. The van der Waals surface area contributed by atoms with Gasteiger partial charge in [0.05, 0.1) is 12.5 Å². The fourth-order valence-corrected chi connectivity index (χ4v) is 4.33. The van der Waals surface area contributed by atoms with E-state index in [1.54, 1.807) is 23.9 Å². The third-order valence-corrected chi connectivity index (χ3v) is 5.85. The maximum atomic E-state index is 13.7. The third-order valence-electron chi connectivity index (χ3n) is 4.40. The normalized spacial score (nSPS) is 15.8. The lowest BCUT2D eigenvalue weighted by atomic mass is 9.82. The lowest BCUT2D eigenvalue weighted by molar-refractivity contribution is -0.128. The molecule has 1 heterocycles. The first-order valence-electron chi connectivity index (χ1n) is 8.70. The lowest BCUT2D eigenvalue weighted by Crippen LogP contribution is -2.42. The summed E-state index contributed by atoms with van der Waals surface area (Å²) in [6, 6.07) is 4.36. The molecule has 0 aromatic heterocycles. The second kappa shape index (κ2) is 10.6. The van der Waals surface area contributed by atoms with Crippen LogP contribution in [0.4, 0.5) is 8.78 Å². The minimum Gasteiger partial charge on any atom is -0.352 e. The van der Waals surface area contributed by atoms with Crippen LogP contribution in [0.15, 0.2) is 28.8 Å². The minimum atomic E-state index is -0.952. The van der Waals surface area contributed by atoms with Crippen molar-refractivity contribution in [2.24, 2.45) is 5.41 Å². The summed E-state index contributed by atoms with van der Waals surface area (Å²) >= 11 is 4.72. The van der Waals surface area contributed by atoms with E-state index < -0.39 is 29.4 Å². The molecular formula is C19H20BrF2N3O2S. The van der Waals surface area contributed by atoms with Crippen molar-refractivity contribution in [3.05, 3.63) is 46.0 Å². The van der Waals surface area contributed by atoms with Gasteiger partial charge in [0.25, 0.3) is 0 Å². The molecule has 0 saturated carbocycles. The fourth-order valence-electron chi connectivity index (χ4n) is 2.73. The van der Waals surface area contributed by atoms with E-state index in [4.69, 9.17) is 0 Å². The molecule has 2 amide bonds. The molecule has 0 atom stereocenters. The molecule has 1 aliphatic heterocycles. The zero-order valence-corrected chi connectivity index (χ0v) is 17.5. The Kier molecular flexibility index (Phi) is 8.45. The largest absolute Gasteiger partial charge is 0.352 e. The molecule has 1 aromatic rings. The predicted octanol–water partition coefficient (Wildman–Crippen LogP) is 3.10. The number of carbonyl (C=O) groups excluding carboxylic acids is 2. The smallest absolute Gasteiger partial charge is 0.240 e. The monoisotopic (exact) mass is 471 g/mol. The number of thioether (sulfide) groups is 1. The number of hydrogen-bond acceptors (Lipinski definition) is 4. The molecule has 9 heteroatoms. The summed E-state index contributed by atoms with van der Waals surface area (Å²) in [6.07, 6.45) is 3.97. The Labute approximate surface area is 175 Å². The number of carbonyl (C=O) groups is 2. The van der Waals surface area contributed by atoms with Crippen LogP contribution < -0.4 is 10.6 Å². The van der Waals surface area contributed by atoms with Crippen molar-refractivity contribution >= 4 is 39.5 Å². The van der Waals surface area contributed by atoms with Crippen LogP contribution in [0.1, 0.15) is 18.4 Å². The van der Waals surface area contributed by atoms with Gasteiger partial charge >= 0.3 is 0 Å². The number of nitrogens with one attached hydrogen (secondary N) is 2. The van der Waals surface area contributed by atoms with Gasteiger partial charge in [0.15, 0.2) is 0 Å². The molecule has 2 rings (SSSR count). The molecule has 1 aromatic carbocycles. The van der Waals surface area contributed by atoms with E-state index >= 15 is 0 Å². The van der Waals surface area contributed by atoms with Gasteiger partial charge in [0, 0.05) is 23.1 Å². The summed E-state index contributed by atoms with van der Waals surface area (Å²) in [5.41, 5.74) is -1.24. The van der Waals surface area contributed by atoms with Crippen LogP contribution >= 0.6 is 27.7 Å². The lowest BCUT2D eigenvalue weighted by Gasteiger charge is -2.28. The van der Waals surface area contributed by atoms with Crippen molar-refractivity contribution in [2.75, 3.05) is 24.6 Å². The van der Waals surface area contributed by atoms with Crippen molar-refractivity contribution in [3.63, 3.8) is 0 Å². The van der Waals surface area contributed by atoms with Crippen LogP contribution in [0.25, 0.3) is 0 Å². The highest BCUT2D eigenvalue weighted by Crippen LogP contribution is 2.34. The van der Waals surface area contributed by atoms with Gasteiger partial charge in [0.2, 0.25) is 11.8 Å². The van der Waals surface area contributed by atoms with Crippen molar-refractivity contribution in [1.29, 1.82) is 5.26 Å². The van der Waals surface area contributed by atoms with E-state index in [1.807, 2.05) is 0 Å². The molecule has 0 unspecified atom stereocenters. The first kappa shape index (κ1) is 22.4. The van der Waals surface area contributed by atoms with Crippen molar-refractivity contribution in [1.82, 2.24) is 10.6 Å². The average molecular weight is 472 g/mol. The van der Waals surface area contributed by atoms with E-state index in [1.165, 1.54) is 0 Å². The van der Waals surface area contributed by atoms with Gasteiger partial charge in [-0.05, 0) is 36.5 Å². The highest BCUT2D eigenvalue weighted by Gasteiger charge is 2.39. The molecule has 0 aliphatic carbocycles. The van der Waals surface area contributed by atoms with Crippen molar-refractivity contribution < 1.29 is 18.4 Å². The highest BCUT2D eigenvalue weighted by molar-refractivity contribution is 9.10. The van der Waals surface area contributed by atoms with Gasteiger partial charge in [-0.3, -0.25) is 9.59 Å². The number of amides is 2. The SMILES string of the molecule is N#CC1(C(=O)NC/C=C\CNC(=O)Cc2c(F)cc(Br)cc2F)CCSCC1. The Hall–Kier alpha value is -1.92. The zero-order valence-electron chi connectivity index (χ0n) is 15.1. The van der Waals surface area contributed by atoms with Crippen LogP contribution in [-0.2, 0) is 16.0 Å². The number of benzene rings is 1. The van der Waals surface area contributed by atoms with Gasteiger partial charge in [-0.25, -0.2) is 8.78 Å². The first-order chi connectivity index (χ1) is 13.4. The van der Waals surface area contributed by atoms with E-state index in [-0.39, 0.29) is 29.0 Å². The second-order valence-corrected chi connectivity index (χ2v) is 8.46. The summed E-state index contributed by atoms with van der Waals surface area (Å²) in [7, 11) is 0. The molecule has 1 aliphatic rings. The van der Waals surface area contributed by atoms with Gasteiger partial charge in [-0.1, -0.05) is 28.1 Å². The van der Waals surface area contributed by atoms with E-state index in [2.05, 4.69) is 32.6 Å². The fraction of sp³-hybridized carbons (Fsp3) is 0.421. The summed E-state index contributed by atoms with van der Waals surface area (Å²) < 4.78 is 27.7. The van der Waals surface area contributed by atoms with E-state index in [0.29, 0.717) is 12.8 Å². The highest BCUT2D eigenvalue weighted by atomic mass is 79.9. The number of halogens is 3. The predicted molar refractivity (Wildman–Crippen MR) is 108 cm³/mol. The Balaban J connectivity index is 1.73. The number of rotatable bonds is 7. The van der Waals surface area contributed by atoms with Crippen molar-refractivity contribution in [3.8, 4) is 6.07 Å². The number of nitrogens with zero attached hydrogens (tertiary/aromatic N) is 1. The maximum Gasteiger partial charge on any atom is 0.240 e. The Bertz CT molecular complexity index is 782. The topological polar surface area (TPSA) is 82.0 Å². The first-order valence-corrected chi connectivity index (χ1v) is 10.6. The van der Waals surface area contributed by atoms with E-state index in [9.17, 15) is 23.6 Å². The van der Waals surface area contributed by atoms with Crippen LogP contribution in [0.3, 0.4) is 0 Å². The van der Waals surface area contributed by atoms with Gasteiger partial charge in [0.1, 0.15) is 17.0 Å². The Morgan fingerprint density at radius 2 is 1.75 bits per heavy atom. The molecule has 150 valence electrons. The zero-order chi connectivity index (χ0) is 20.6. The molecule has 1 saturated heterocycles. The molecule has 0 radical (unpaired) electrons.